The van der Waals surface area contributed by atoms with E-state index in [2.05, 4.69) is 5.32 Å². The van der Waals surface area contributed by atoms with E-state index in [1.807, 2.05) is 0 Å². The van der Waals surface area contributed by atoms with Crippen molar-refractivity contribution < 1.29 is 19.1 Å². The predicted octanol–water partition coefficient (Wildman–Crippen LogP) is 2.52. The fraction of sp³-hybridized carbons (Fsp3) is 0.333. The molecule has 1 unspecified atom stereocenters. The molecule has 1 amide bonds. The van der Waals surface area contributed by atoms with Crippen molar-refractivity contribution >= 4 is 23.5 Å². The Hall–Kier alpha value is -1.62. The smallest absolute Gasteiger partial charge is 0.331 e. The summed E-state index contributed by atoms with van der Waals surface area (Å²) >= 11 is 5.77. The summed E-state index contributed by atoms with van der Waals surface area (Å²) in [5.74, 6) is -2.57. The Kier molecular flexibility index (Phi) is 5.09. The van der Waals surface area contributed by atoms with Gasteiger partial charge in [-0.15, -0.1) is 0 Å². The standard InChI is InChI=1S/C12H13ClFNO3/c1-2-4-9(16)15-11(12(17)18)10-7(13)5-3-6-8(10)14/h3,5-6,11H,2,4H2,1H3,(H,15,16)(H,17,18). The van der Waals surface area contributed by atoms with Gasteiger partial charge in [0.15, 0.2) is 6.04 Å². The highest BCUT2D eigenvalue weighted by Gasteiger charge is 2.27. The molecule has 0 fully saturated rings. The van der Waals surface area contributed by atoms with Crippen LogP contribution in [0, 0.1) is 5.82 Å². The van der Waals surface area contributed by atoms with Gasteiger partial charge in [0.1, 0.15) is 5.82 Å². The number of carboxylic acids is 1. The second kappa shape index (κ2) is 6.35. The van der Waals surface area contributed by atoms with Crippen LogP contribution < -0.4 is 5.32 Å². The summed E-state index contributed by atoms with van der Waals surface area (Å²) in [6.07, 6.45) is 0.749. The highest BCUT2D eigenvalue weighted by molar-refractivity contribution is 6.31. The van der Waals surface area contributed by atoms with Gasteiger partial charge < -0.3 is 10.4 Å². The number of rotatable bonds is 5. The Morgan fingerprint density at radius 3 is 2.67 bits per heavy atom. The largest absolute Gasteiger partial charge is 0.479 e. The van der Waals surface area contributed by atoms with Gasteiger partial charge in [0.05, 0.1) is 0 Å². The van der Waals surface area contributed by atoms with Crippen LogP contribution in [0.25, 0.3) is 0 Å². The van der Waals surface area contributed by atoms with Crippen molar-refractivity contribution in [3.8, 4) is 0 Å². The minimum absolute atomic E-state index is 0.0285. The number of carbonyl (C=O) groups excluding carboxylic acids is 1. The first-order chi connectivity index (χ1) is 8.47. The number of benzene rings is 1. The van der Waals surface area contributed by atoms with Gasteiger partial charge in [0.2, 0.25) is 5.91 Å². The van der Waals surface area contributed by atoms with Gasteiger partial charge in [-0.1, -0.05) is 24.6 Å². The summed E-state index contributed by atoms with van der Waals surface area (Å²) < 4.78 is 13.6. The second-order valence-corrected chi connectivity index (χ2v) is 4.13. The number of amides is 1. The number of hydrogen-bond acceptors (Lipinski definition) is 2. The van der Waals surface area contributed by atoms with Crippen molar-refractivity contribution in [2.24, 2.45) is 0 Å². The summed E-state index contributed by atoms with van der Waals surface area (Å²) in [6, 6.07) is 2.37. The molecule has 4 nitrogen and oxygen atoms in total. The molecule has 1 aromatic carbocycles. The first-order valence-corrected chi connectivity index (χ1v) is 5.81. The van der Waals surface area contributed by atoms with Crippen molar-refractivity contribution in [1.29, 1.82) is 0 Å². The molecule has 2 N–H and O–H groups in total. The quantitative estimate of drug-likeness (QED) is 0.866. The third-order valence-corrected chi connectivity index (χ3v) is 2.65. The molecule has 0 aliphatic rings. The molecule has 1 aromatic rings. The van der Waals surface area contributed by atoms with Crippen molar-refractivity contribution in [2.75, 3.05) is 0 Å². The summed E-state index contributed by atoms with van der Waals surface area (Å²) in [5.41, 5.74) is -0.226. The van der Waals surface area contributed by atoms with Gasteiger partial charge in [0.25, 0.3) is 0 Å². The monoisotopic (exact) mass is 273 g/mol. The van der Waals surface area contributed by atoms with E-state index in [9.17, 15) is 14.0 Å². The summed E-state index contributed by atoms with van der Waals surface area (Å²) in [6.45, 7) is 1.78. The Labute approximate surface area is 109 Å². The zero-order valence-corrected chi connectivity index (χ0v) is 10.5. The van der Waals surface area contributed by atoms with Crippen LogP contribution >= 0.6 is 11.6 Å². The van der Waals surface area contributed by atoms with Crippen LogP contribution in [0.1, 0.15) is 31.4 Å². The lowest BCUT2D eigenvalue weighted by Gasteiger charge is -2.16. The maximum atomic E-state index is 13.6. The molecule has 6 heteroatoms. The summed E-state index contributed by atoms with van der Waals surface area (Å²) in [4.78, 5) is 22.5. The molecular formula is C12H13ClFNO3. The van der Waals surface area contributed by atoms with Crippen molar-refractivity contribution in [2.45, 2.75) is 25.8 Å². The lowest BCUT2D eigenvalue weighted by molar-refractivity contribution is -0.142. The number of hydrogen-bond donors (Lipinski definition) is 2. The topological polar surface area (TPSA) is 66.4 Å². The van der Waals surface area contributed by atoms with Crippen molar-refractivity contribution in [1.82, 2.24) is 5.32 Å². The van der Waals surface area contributed by atoms with Crippen molar-refractivity contribution in [3.63, 3.8) is 0 Å². The molecular weight excluding hydrogens is 261 g/mol. The Morgan fingerprint density at radius 1 is 1.50 bits per heavy atom. The lowest BCUT2D eigenvalue weighted by atomic mass is 10.1. The van der Waals surface area contributed by atoms with E-state index >= 15 is 0 Å². The van der Waals surface area contributed by atoms with Gasteiger partial charge in [0, 0.05) is 17.0 Å². The minimum Gasteiger partial charge on any atom is -0.479 e. The molecule has 0 bridgehead atoms. The van der Waals surface area contributed by atoms with E-state index < -0.39 is 23.7 Å². The van der Waals surface area contributed by atoms with E-state index in [1.54, 1.807) is 6.92 Å². The Morgan fingerprint density at radius 2 is 2.17 bits per heavy atom. The highest BCUT2D eigenvalue weighted by atomic mass is 35.5. The molecule has 0 aliphatic carbocycles. The fourth-order valence-electron chi connectivity index (χ4n) is 1.50. The SMILES string of the molecule is CCCC(=O)NC(C(=O)O)c1c(F)cccc1Cl. The normalized spacial score (nSPS) is 11.9. The number of carbonyl (C=O) groups is 2. The zero-order valence-electron chi connectivity index (χ0n) is 9.74. The van der Waals surface area contributed by atoms with Crippen LogP contribution in [-0.2, 0) is 9.59 Å². The highest BCUT2D eigenvalue weighted by Crippen LogP contribution is 2.26. The lowest BCUT2D eigenvalue weighted by Crippen LogP contribution is -2.34. The molecule has 98 valence electrons. The van der Waals surface area contributed by atoms with Crippen LogP contribution in [0.5, 0.6) is 0 Å². The second-order valence-electron chi connectivity index (χ2n) is 3.72. The first kappa shape index (κ1) is 14.4. The molecule has 0 aromatic heterocycles. The van der Waals surface area contributed by atoms with Crippen LogP contribution in [0.15, 0.2) is 18.2 Å². The van der Waals surface area contributed by atoms with Crippen LogP contribution in [0.4, 0.5) is 4.39 Å². The van der Waals surface area contributed by atoms with Gasteiger partial charge in [-0.2, -0.15) is 0 Å². The number of nitrogens with one attached hydrogen (secondary N) is 1. The van der Waals surface area contributed by atoms with E-state index in [0.717, 1.165) is 6.07 Å². The summed E-state index contributed by atoms with van der Waals surface area (Å²) in [7, 11) is 0. The third kappa shape index (κ3) is 3.43. The maximum Gasteiger partial charge on any atom is 0.331 e. The summed E-state index contributed by atoms with van der Waals surface area (Å²) in [5, 5.41) is 11.3. The third-order valence-electron chi connectivity index (χ3n) is 2.32. The zero-order chi connectivity index (χ0) is 13.7. The van der Waals surface area contributed by atoms with Crippen LogP contribution in [-0.4, -0.2) is 17.0 Å². The molecule has 0 heterocycles. The van der Waals surface area contributed by atoms with Crippen LogP contribution in [0.3, 0.4) is 0 Å². The number of carboxylic acid groups (broad SMARTS) is 1. The molecule has 0 spiro atoms. The molecule has 0 saturated heterocycles. The average Bonchev–Trinajstić information content (AvgIpc) is 2.27. The molecule has 0 saturated carbocycles. The average molecular weight is 274 g/mol. The van der Waals surface area contributed by atoms with Gasteiger partial charge >= 0.3 is 5.97 Å². The maximum absolute atomic E-state index is 13.6. The molecule has 1 atom stereocenters. The molecule has 0 radical (unpaired) electrons. The van der Waals surface area contributed by atoms with Gasteiger partial charge in [-0.05, 0) is 18.6 Å². The molecule has 18 heavy (non-hydrogen) atoms. The molecule has 1 rings (SSSR count). The minimum atomic E-state index is -1.47. The van der Waals surface area contributed by atoms with E-state index in [-0.39, 0.29) is 17.0 Å². The van der Waals surface area contributed by atoms with E-state index in [1.165, 1.54) is 12.1 Å². The number of halogens is 2. The first-order valence-electron chi connectivity index (χ1n) is 5.43. The van der Waals surface area contributed by atoms with Gasteiger partial charge in [-0.25, -0.2) is 9.18 Å². The van der Waals surface area contributed by atoms with Crippen molar-refractivity contribution in [3.05, 3.63) is 34.6 Å². The van der Waals surface area contributed by atoms with E-state index in [4.69, 9.17) is 16.7 Å². The van der Waals surface area contributed by atoms with Crippen LogP contribution in [0.2, 0.25) is 5.02 Å². The predicted molar refractivity (Wildman–Crippen MR) is 64.8 cm³/mol. The molecule has 0 aliphatic heterocycles. The fourth-order valence-corrected chi connectivity index (χ4v) is 1.78. The van der Waals surface area contributed by atoms with Gasteiger partial charge in [-0.3, -0.25) is 4.79 Å². The van der Waals surface area contributed by atoms with E-state index in [0.29, 0.717) is 6.42 Å². The number of aliphatic carboxylic acids is 1. The Balaban J connectivity index is 3.05. The Bertz CT molecular complexity index is 444.